The van der Waals surface area contributed by atoms with Gasteiger partial charge < -0.3 is 25.3 Å². The number of nitrogens with two attached hydrogens (primary N) is 1. The first-order chi connectivity index (χ1) is 9.69. The summed E-state index contributed by atoms with van der Waals surface area (Å²) < 4.78 is 15.5. The van der Waals surface area contributed by atoms with Gasteiger partial charge in [-0.3, -0.25) is 4.79 Å². The van der Waals surface area contributed by atoms with Crippen molar-refractivity contribution < 1.29 is 19.0 Å². The first-order valence-corrected chi connectivity index (χ1v) is 6.46. The number of hydrogen-bond donors (Lipinski definition) is 2. The molecule has 0 aliphatic carbocycles. The normalized spacial score (nSPS) is 10.2. The van der Waals surface area contributed by atoms with Crippen molar-refractivity contribution in [1.82, 2.24) is 5.32 Å². The summed E-state index contributed by atoms with van der Waals surface area (Å²) in [4.78, 5) is 11.6. The van der Waals surface area contributed by atoms with Gasteiger partial charge in [0.15, 0.2) is 6.61 Å². The van der Waals surface area contributed by atoms with E-state index in [1.54, 1.807) is 26.4 Å². The van der Waals surface area contributed by atoms with E-state index in [9.17, 15) is 4.79 Å². The standard InChI is InChI=1S/C14H22N2O4/c1-18-5-3-4-16-14(17)10-20-13-7-11(9-15)6-12(8-13)19-2/h6-8H,3-5,9-10,15H2,1-2H3,(H,16,17). The quantitative estimate of drug-likeness (QED) is 0.651. The molecular weight excluding hydrogens is 260 g/mol. The van der Waals surface area contributed by atoms with Gasteiger partial charge in [-0.2, -0.15) is 0 Å². The Hall–Kier alpha value is -1.79. The summed E-state index contributed by atoms with van der Waals surface area (Å²) in [6, 6.07) is 5.34. The third-order valence-electron chi connectivity index (χ3n) is 2.63. The minimum absolute atomic E-state index is 0.0375. The predicted molar refractivity (Wildman–Crippen MR) is 75.9 cm³/mol. The van der Waals surface area contributed by atoms with Crippen LogP contribution in [0.1, 0.15) is 12.0 Å². The van der Waals surface area contributed by atoms with E-state index in [2.05, 4.69) is 5.32 Å². The minimum atomic E-state index is -0.168. The fourth-order valence-electron chi connectivity index (χ4n) is 1.59. The highest BCUT2D eigenvalue weighted by Gasteiger charge is 2.05. The Bertz CT molecular complexity index is 401. The van der Waals surface area contributed by atoms with Crippen molar-refractivity contribution in [3.8, 4) is 11.5 Å². The van der Waals surface area contributed by atoms with Crippen molar-refractivity contribution in [3.05, 3.63) is 23.8 Å². The van der Waals surface area contributed by atoms with Crippen molar-refractivity contribution in [2.75, 3.05) is 34.0 Å². The highest BCUT2D eigenvalue weighted by molar-refractivity contribution is 5.77. The van der Waals surface area contributed by atoms with Crippen LogP contribution >= 0.6 is 0 Å². The Morgan fingerprint density at radius 1 is 1.25 bits per heavy atom. The van der Waals surface area contributed by atoms with Crippen molar-refractivity contribution in [1.29, 1.82) is 0 Å². The molecule has 112 valence electrons. The molecule has 0 unspecified atom stereocenters. The zero-order chi connectivity index (χ0) is 14.8. The van der Waals surface area contributed by atoms with E-state index in [1.807, 2.05) is 6.07 Å². The Balaban J connectivity index is 2.42. The molecule has 1 rings (SSSR count). The van der Waals surface area contributed by atoms with Gasteiger partial charge in [0.05, 0.1) is 7.11 Å². The summed E-state index contributed by atoms with van der Waals surface area (Å²) in [5.74, 6) is 1.05. The van der Waals surface area contributed by atoms with E-state index < -0.39 is 0 Å². The monoisotopic (exact) mass is 282 g/mol. The van der Waals surface area contributed by atoms with Crippen LogP contribution in [-0.4, -0.2) is 39.9 Å². The summed E-state index contributed by atoms with van der Waals surface area (Å²) in [6.45, 7) is 1.54. The molecule has 3 N–H and O–H groups in total. The van der Waals surface area contributed by atoms with E-state index >= 15 is 0 Å². The van der Waals surface area contributed by atoms with E-state index in [0.717, 1.165) is 12.0 Å². The highest BCUT2D eigenvalue weighted by Crippen LogP contribution is 2.22. The van der Waals surface area contributed by atoms with Crippen molar-refractivity contribution in [2.45, 2.75) is 13.0 Å². The summed E-state index contributed by atoms with van der Waals surface area (Å²) >= 11 is 0. The third kappa shape index (κ3) is 5.90. The van der Waals surface area contributed by atoms with Gasteiger partial charge >= 0.3 is 0 Å². The summed E-state index contributed by atoms with van der Waals surface area (Å²) in [5.41, 5.74) is 6.48. The van der Waals surface area contributed by atoms with Crippen molar-refractivity contribution in [2.24, 2.45) is 5.73 Å². The minimum Gasteiger partial charge on any atom is -0.497 e. The molecule has 0 radical (unpaired) electrons. The van der Waals surface area contributed by atoms with E-state index in [4.69, 9.17) is 19.9 Å². The maximum absolute atomic E-state index is 11.6. The molecule has 0 bridgehead atoms. The SMILES string of the molecule is COCCCNC(=O)COc1cc(CN)cc(OC)c1. The molecule has 6 nitrogen and oxygen atoms in total. The zero-order valence-electron chi connectivity index (χ0n) is 12.0. The summed E-state index contributed by atoms with van der Waals surface area (Å²) in [6.07, 6.45) is 0.777. The van der Waals surface area contributed by atoms with E-state index in [0.29, 0.717) is 31.2 Å². The summed E-state index contributed by atoms with van der Waals surface area (Å²) in [5, 5.41) is 2.75. The van der Waals surface area contributed by atoms with Crippen LogP contribution in [0.25, 0.3) is 0 Å². The fourth-order valence-corrected chi connectivity index (χ4v) is 1.59. The lowest BCUT2D eigenvalue weighted by atomic mass is 10.2. The molecule has 0 aliphatic rings. The van der Waals surface area contributed by atoms with Crippen LogP contribution in [0.3, 0.4) is 0 Å². The van der Waals surface area contributed by atoms with Crippen LogP contribution in [-0.2, 0) is 16.1 Å². The average Bonchev–Trinajstić information content (AvgIpc) is 2.49. The maximum Gasteiger partial charge on any atom is 0.257 e. The Morgan fingerprint density at radius 2 is 2.00 bits per heavy atom. The van der Waals surface area contributed by atoms with Crippen LogP contribution < -0.4 is 20.5 Å². The number of ether oxygens (including phenoxy) is 3. The molecule has 0 aliphatic heterocycles. The summed E-state index contributed by atoms with van der Waals surface area (Å²) in [7, 11) is 3.20. The number of nitrogens with one attached hydrogen (secondary N) is 1. The van der Waals surface area contributed by atoms with Crippen molar-refractivity contribution in [3.63, 3.8) is 0 Å². The fraction of sp³-hybridized carbons (Fsp3) is 0.500. The molecule has 20 heavy (non-hydrogen) atoms. The molecule has 0 heterocycles. The molecule has 0 spiro atoms. The van der Waals surface area contributed by atoms with Crippen molar-refractivity contribution >= 4 is 5.91 Å². The number of carbonyl (C=O) groups is 1. The predicted octanol–water partition coefficient (Wildman–Crippen LogP) is 0.685. The lowest BCUT2D eigenvalue weighted by Crippen LogP contribution is -2.30. The van der Waals surface area contributed by atoms with Gasteiger partial charge in [0.1, 0.15) is 11.5 Å². The van der Waals surface area contributed by atoms with Crippen LogP contribution in [0.5, 0.6) is 11.5 Å². The second-order valence-corrected chi connectivity index (χ2v) is 4.21. The largest absolute Gasteiger partial charge is 0.497 e. The van der Waals surface area contributed by atoms with Gasteiger partial charge in [-0.05, 0) is 24.1 Å². The Labute approximate surface area is 119 Å². The number of hydrogen-bond acceptors (Lipinski definition) is 5. The molecule has 0 aromatic heterocycles. The van der Waals surface area contributed by atoms with Crippen LogP contribution in [0.2, 0.25) is 0 Å². The number of benzene rings is 1. The van der Waals surface area contributed by atoms with Gasteiger partial charge in [0.25, 0.3) is 5.91 Å². The molecule has 0 saturated heterocycles. The first-order valence-electron chi connectivity index (χ1n) is 6.46. The number of amides is 1. The number of carbonyl (C=O) groups excluding carboxylic acids is 1. The lowest BCUT2D eigenvalue weighted by Gasteiger charge is -2.10. The van der Waals surface area contributed by atoms with Gasteiger partial charge in [-0.1, -0.05) is 0 Å². The molecule has 0 fully saturated rings. The number of rotatable bonds is 9. The Morgan fingerprint density at radius 3 is 2.65 bits per heavy atom. The second-order valence-electron chi connectivity index (χ2n) is 4.21. The third-order valence-corrected chi connectivity index (χ3v) is 2.63. The van der Waals surface area contributed by atoms with Crippen LogP contribution in [0.4, 0.5) is 0 Å². The number of methoxy groups -OCH3 is 2. The van der Waals surface area contributed by atoms with E-state index in [1.165, 1.54) is 0 Å². The molecule has 1 aromatic rings. The van der Waals surface area contributed by atoms with Gasteiger partial charge in [0.2, 0.25) is 0 Å². The van der Waals surface area contributed by atoms with Gasteiger partial charge in [-0.25, -0.2) is 0 Å². The molecular formula is C14H22N2O4. The van der Waals surface area contributed by atoms with Crippen LogP contribution in [0.15, 0.2) is 18.2 Å². The van der Waals surface area contributed by atoms with Crippen LogP contribution in [0, 0.1) is 0 Å². The maximum atomic E-state index is 11.6. The molecule has 1 aromatic carbocycles. The topological polar surface area (TPSA) is 82.8 Å². The molecule has 0 saturated carbocycles. The average molecular weight is 282 g/mol. The van der Waals surface area contributed by atoms with Gasteiger partial charge in [-0.15, -0.1) is 0 Å². The molecule has 0 atom stereocenters. The Kier molecular flexibility index (Phi) is 7.46. The highest BCUT2D eigenvalue weighted by atomic mass is 16.5. The smallest absolute Gasteiger partial charge is 0.257 e. The molecule has 1 amide bonds. The lowest BCUT2D eigenvalue weighted by molar-refractivity contribution is -0.123. The van der Waals surface area contributed by atoms with E-state index in [-0.39, 0.29) is 12.5 Å². The van der Waals surface area contributed by atoms with Gasteiger partial charge in [0, 0.05) is 32.9 Å². The molecule has 6 heteroatoms. The zero-order valence-corrected chi connectivity index (χ0v) is 12.0. The first kappa shape index (κ1) is 16.3. The second kappa shape index (κ2) is 9.17.